The molecule has 76 valence electrons. The van der Waals surface area contributed by atoms with Gasteiger partial charge in [-0.15, -0.1) is 0 Å². The van der Waals surface area contributed by atoms with Crippen LogP contribution in [-0.4, -0.2) is 20.7 Å². The van der Waals surface area contributed by atoms with Crippen molar-refractivity contribution in [2.75, 3.05) is 5.73 Å². The maximum Gasteiger partial charge on any atom is 0.283 e. The van der Waals surface area contributed by atoms with Crippen molar-refractivity contribution < 1.29 is 5.21 Å². The second-order valence-corrected chi connectivity index (χ2v) is 3.50. The Hall–Kier alpha value is -1.37. The van der Waals surface area contributed by atoms with Crippen molar-refractivity contribution in [2.24, 2.45) is 5.16 Å². The molecule has 0 amide bonds. The Bertz CT molecular complexity index is 426. The van der Waals surface area contributed by atoms with Crippen LogP contribution in [0.1, 0.15) is 6.92 Å². The molecule has 0 bridgehead atoms. The second-order valence-electron chi connectivity index (χ2n) is 2.71. The zero-order valence-corrected chi connectivity index (χ0v) is 9.02. The normalized spacial score (nSPS) is 11.7. The van der Waals surface area contributed by atoms with Crippen LogP contribution in [-0.2, 0) is 6.54 Å². The summed E-state index contributed by atoms with van der Waals surface area (Å²) >= 11 is 3.04. The van der Waals surface area contributed by atoms with Gasteiger partial charge >= 0.3 is 0 Å². The second kappa shape index (κ2) is 4.23. The van der Waals surface area contributed by atoms with E-state index < -0.39 is 0 Å². The zero-order chi connectivity index (χ0) is 10.7. The first-order valence-electron chi connectivity index (χ1n) is 3.75. The number of nitrogens with zero attached hydrogens (tertiary/aromatic N) is 3. The molecule has 1 heterocycles. The van der Waals surface area contributed by atoms with Gasteiger partial charge in [-0.3, -0.25) is 4.79 Å². The summed E-state index contributed by atoms with van der Waals surface area (Å²) in [7, 11) is 0. The van der Waals surface area contributed by atoms with Gasteiger partial charge < -0.3 is 10.9 Å². The molecule has 1 rings (SSSR count). The summed E-state index contributed by atoms with van der Waals surface area (Å²) in [5, 5.41) is 15.2. The van der Waals surface area contributed by atoms with E-state index in [1.165, 1.54) is 6.20 Å². The Morgan fingerprint density at radius 3 is 3.07 bits per heavy atom. The molecule has 0 aliphatic rings. The molecule has 0 saturated carbocycles. The van der Waals surface area contributed by atoms with Crippen LogP contribution in [0.2, 0.25) is 0 Å². The number of hydrogen-bond acceptors (Lipinski definition) is 5. The van der Waals surface area contributed by atoms with Crippen LogP contribution in [0, 0.1) is 0 Å². The summed E-state index contributed by atoms with van der Waals surface area (Å²) < 4.78 is 1.41. The molecular formula is C7H9BrN4O2. The lowest BCUT2D eigenvalue weighted by Crippen LogP contribution is -2.27. The zero-order valence-electron chi connectivity index (χ0n) is 7.44. The van der Waals surface area contributed by atoms with E-state index >= 15 is 0 Å². The van der Waals surface area contributed by atoms with Gasteiger partial charge in [-0.1, -0.05) is 5.16 Å². The van der Waals surface area contributed by atoms with E-state index in [-0.39, 0.29) is 22.3 Å². The van der Waals surface area contributed by atoms with Crippen molar-refractivity contribution in [3.63, 3.8) is 0 Å². The molecule has 7 heteroatoms. The third kappa shape index (κ3) is 2.11. The fraction of sp³-hybridized carbons (Fsp3) is 0.286. The first kappa shape index (κ1) is 10.7. The summed E-state index contributed by atoms with van der Waals surface area (Å²) in [4.78, 5) is 11.5. The molecule has 6 nitrogen and oxygen atoms in total. The highest BCUT2D eigenvalue weighted by Gasteiger charge is 2.06. The largest absolute Gasteiger partial charge is 0.411 e. The Morgan fingerprint density at radius 2 is 2.50 bits per heavy atom. The standard InChI is InChI=1S/C7H9BrN4O2/c1-4(11-14)3-12-7(13)6(8)5(9)2-10-12/h2,14H,3,9H2,1H3/b11-4+. The number of rotatable bonds is 2. The number of nitrogen functional groups attached to an aromatic ring is 1. The van der Waals surface area contributed by atoms with E-state index in [9.17, 15) is 4.79 Å². The van der Waals surface area contributed by atoms with Gasteiger partial charge in [-0.05, 0) is 22.9 Å². The van der Waals surface area contributed by atoms with E-state index in [0.717, 1.165) is 4.68 Å². The van der Waals surface area contributed by atoms with E-state index in [2.05, 4.69) is 26.2 Å². The predicted molar refractivity (Wildman–Crippen MR) is 55.5 cm³/mol. The van der Waals surface area contributed by atoms with Crippen LogP contribution in [0.15, 0.2) is 20.6 Å². The summed E-state index contributed by atoms with van der Waals surface area (Å²) in [6.07, 6.45) is 1.36. The van der Waals surface area contributed by atoms with Gasteiger partial charge in [0.1, 0.15) is 4.47 Å². The highest BCUT2D eigenvalue weighted by atomic mass is 79.9. The first-order chi connectivity index (χ1) is 6.56. The molecule has 0 fully saturated rings. The van der Waals surface area contributed by atoms with Crippen LogP contribution in [0.25, 0.3) is 0 Å². The molecule has 0 atom stereocenters. The van der Waals surface area contributed by atoms with Crippen molar-refractivity contribution in [2.45, 2.75) is 13.5 Å². The van der Waals surface area contributed by atoms with Gasteiger partial charge in [0.15, 0.2) is 0 Å². The summed E-state index contributed by atoms with van der Waals surface area (Å²) in [5.74, 6) is 0. The maximum atomic E-state index is 11.5. The third-order valence-electron chi connectivity index (χ3n) is 1.56. The van der Waals surface area contributed by atoms with Crippen LogP contribution in [0.4, 0.5) is 5.69 Å². The molecule has 0 aliphatic heterocycles. The summed E-state index contributed by atoms with van der Waals surface area (Å²) in [6, 6.07) is 0. The number of hydrogen-bond donors (Lipinski definition) is 2. The van der Waals surface area contributed by atoms with Crippen molar-refractivity contribution in [1.82, 2.24) is 9.78 Å². The lowest BCUT2D eigenvalue weighted by atomic mass is 10.4. The molecule has 0 aromatic carbocycles. The predicted octanol–water partition coefficient (Wildman–Crippen LogP) is 0.438. The lowest BCUT2D eigenvalue weighted by Gasteiger charge is -2.04. The maximum absolute atomic E-state index is 11.5. The monoisotopic (exact) mass is 260 g/mol. The Labute approximate surface area is 88.2 Å². The summed E-state index contributed by atoms with van der Waals surface area (Å²) in [5.41, 5.74) is 5.76. The number of nitrogens with two attached hydrogens (primary N) is 1. The first-order valence-corrected chi connectivity index (χ1v) is 4.54. The average molecular weight is 261 g/mol. The number of oxime groups is 1. The van der Waals surface area contributed by atoms with E-state index in [1.807, 2.05) is 0 Å². The van der Waals surface area contributed by atoms with Crippen molar-refractivity contribution in [1.29, 1.82) is 0 Å². The van der Waals surface area contributed by atoms with Gasteiger partial charge in [0.2, 0.25) is 0 Å². The highest BCUT2D eigenvalue weighted by molar-refractivity contribution is 9.10. The van der Waals surface area contributed by atoms with Crippen LogP contribution < -0.4 is 11.3 Å². The molecule has 0 radical (unpaired) electrons. The average Bonchev–Trinajstić information content (AvgIpc) is 2.19. The molecule has 0 spiro atoms. The minimum Gasteiger partial charge on any atom is -0.411 e. The topological polar surface area (TPSA) is 93.5 Å². The van der Waals surface area contributed by atoms with Crippen molar-refractivity contribution in [3.8, 4) is 0 Å². The fourth-order valence-electron chi connectivity index (χ4n) is 0.839. The van der Waals surface area contributed by atoms with Crippen molar-refractivity contribution >= 4 is 27.3 Å². The quantitative estimate of drug-likeness (QED) is 0.459. The van der Waals surface area contributed by atoms with Gasteiger partial charge in [0.25, 0.3) is 5.56 Å². The third-order valence-corrected chi connectivity index (χ3v) is 2.36. The SMILES string of the molecule is C/C(Cn1ncc(N)c(Br)c1=O)=N\O. The molecule has 14 heavy (non-hydrogen) atoms. The minimum absolute atomic E-state index is 0.133. The highest BCUT2D eigenvalue weighted by Crippen LogP contribution is 2.10. The van der Waals surface area contributed by atoms with Gasteiger partial charge in [-0.25, -0.2) is 4.68 Å². The fourth-order valence-corrected chi connectivity index (χ4v) is 1.15. The minimum atomic E-state index is -0.354. The molecular weight excluding hydrogens is 252 g/mol. The molecule has 0 aliphatic carbocycles. The van der Waals surface area contributed by atoms with Crippen LogP contribution in [0.3, 0.4) is 0 Å². The van der Waals surface area contributed by atoms with E-state index in [0.29, 0.717) is 5.71 Å². The Kier molecular flexibility index (Phi) is 3.23. The molecule has 0 unspecified atom stereocenters. The molecule has 1 aromatic rings. The molecule has 3 N–H and O–H groups in total. The van der Waals surface area contributed by atoms with Crippen LogP contribution >= 0.6 is 15.9 Å². The molecule has 1 aromatic heterocycles. The van der Waals surface area contributed by atoms with Gasteiger partial charge in [0, 0.05) is 0 Å². The Morgan fingerprint density at radius 1 is 1.86 bits per heavy atom. The van der Waals surface area contributed by atoms with Gasteiger partial charge in [-0.2, -0.15) is 5.10 Å². The lowest BCUT2D eigenvalue weighted by molar-refractivity contribution is 0.316. The smallest absolute Gasteiger partial charge is 0.283 e. The number of aromatic nitrogens is 2. The number of halogens is 1. The van der Waals surface area contributed by atoms with Crippen molar-refractivity contribution in [3.05, 3.63) is 21.0 Å². The van der Waals surface area contributed by atoms with E-state index in [1.54, 1.807) is 6.92 Å². The molecule has 0 saturated heterocycles. The van der Waals surface area contributed by atoms with Gasteiger partial charge in [0.05, 0.1) is 24.1 Å². The summed E-state index contributed by atoms with van der Waals surface area (Å²) in [6.45, 7) is 1.71. The van der Waals surface area contributed by atoms with E-state index in [4.69, 9.17) is 10.9 Å². The van der Waals surface area contributed by atoms with Crippen LogP contribution in [0.5, 0.6) is 0 Å². The number of anilines is 1. The Balaban J connectivity index is 3.13.